The van der Waals surface area contributed by atoms with E-state index in [1.54, 1.807) is 4.57 Å². The third kappa shape index (κ3) is 2.58. The third-order valence-electron chi connectivity index (χ3n) is 1.99. The van der Waals surface area contributed by atoms with Crippen LogP contribution in [-0.4, -0.2) is 4.57 Å². The van der Waals surface area contributed by atoms with Gasteiger partial charge >= 0.3 is 0 Å². The van der Waals surface area contributed by atoms with Crippen LogP contribution in [0.5, 0.6) is 0 Å². The fourth-order valence-electron chi connectivity index (χ4n) is 1.14. The van der Waals surface area contributed by atoms with Crippen molar-refractivity contribution >= 4 is 0 Å². The van der Waals surface area contributed by atoms with Crippen LogP contribution in [0.15, 0.2) is 35.3 Å². The minimum Gasteiger partial charge on any atom is -0.315 e. The van der Waals surface area contributed by atoms with E-state index in [-0.39, 0.29) is 5.56 Å². The van der Waals surface area contributed by atoms with Crippen LogP contribution >= 0.6 is 0 Å². The Bertz CT molecular complexity index is 363. The summed E-state index contributed by atoms with van der Waals surface area (Å²) in [6, 6.07) is 3.73. The molecule has 0 saturated heterocycles. The Morgan fingerprint density at radius 3 is 2.92 bits per heavy atom. The molecule has 0 bridgehead atoms. The fourth-order valence-corrected chi connectivity index (χ4v) is 1.14. The van der Waals surface area contributed by atoms with Crippen LogP contribution in [0.3, 0.4) is 0 Å². The normalized spacial score (nSPS) is 10.0. The van der Waals surface area contributed by atoms with Gasteiger partial charge in [0.1, 0.15) is 0 Å². The van der Waals surface area contributed by atoms with Crippen LogP contribution in [0.2, 0.25) is 0 Å². The lowest BCUT2D eigenvalue weighted by atomic mass is 10.2. The number of aryl methyl sites for hydroxylation is 2. The van der Waals surface area contributed by atoms with E-state index >= 15 is 0 Å². The van der Waals surface area contributed by atoms with Crippen LogP contribution in [-0.2, 0) is 6.54 Å². The smallest absolute Gasteiger partial charge is 0.253 e. The van der Waals surface area contributed by atoms with Gasteiger partial charge in [-0.25, -0.2) is 0 Å². The van der Waals surface area contributed by atoms with Crippen molar-refractivity contribution in [1.29, 1.82) is 0 Å². The molecule has 1 rings (SSSR count). The zero-order valence-electron chi connectivity index (χ0n) is 8.21. The van der Waals surface area contributed by atoms with Crippen LogP contribution in [0, 0.1) is 6.92 Å². The minimum absolute atomic E-state index is 0.101. The Kier molecular flexibility index (Phi) is 3.07. The first-order chi connectivity index (χ1) is 6.11. The second kappa shape index (κ2) is 4.08. The van der Waals surface area contributed by atoms with Gasteiger partial charge in [0.15, 0.2) is 0 Å². The highest BCUT2D eigenvalue weighted by Gasteiger charge is 1.97. The predicted octanol–water partition coefficient (Wildman–Crippen LogP) is 2.12. The molecule has 1 aromatic rings. The molecule has 70 valence electrons. The van der Waals surface area contributed by atoms with Gasteiger partial charge in [-0.05, 0) is 26.3 Å². The van der Waals surface area contributed by atoms with E-state index in [0.717, 1.165) is 24.1 Å². The summed E-state index contributed by atoms with van der Waals surface area (Å²) in [6.07, 6.45) is 2.68. The average molecular weight is 177 g/mol. The third-order valence-corrected chi connectivity index (χ3v) is 1.99. The molecule has 0 fully saturated rings. The van der Waals surface area contributed by atoms with Gasteiger partial charge in [-0.15, -0.1) is 6.58 Å². The molecule has 13 heavy (non-hydrogen) atoms. The Morgan fingerprint density at radius 2 is 2.31 bits per heavy atom. The molecule has 0 N–H and O–H groups in total. The van der Waals surface area contributed by atoms with Crippen molar-refractivity contribution in [3.05, 3.63) is 46.4 Å². The number of aromatic nitrogens is 1. The first-order valence-corrected chi connectivity index (χ1v) is 4.41. The molecule has 0 spiro atoms. The maximum absolute atomic E-state index is 11.5. The summed E-state index contributed by atoms with van der Waals surface area (Å²) in [4.78, 5) is 11.5. The highest BCUT2D eigenvalue weighted by Crippen LogP contribution is 1.98. The second-order valence-electron chi connectivity index (χ2n) is 3.40. The Labute approximate surface area is 78.5 Å². The molecule has 2 heteroatoms. The number of allylic oxidation sites excluding steroid dienone is 1. The molecular weight excluding hydrogens is 162 g/mol. The Hall–Kier alpha value is -1.31. The molecule has 0 unspecified atom stereocenters. The second-order valence-corrected chi connectivity index (χ2v) is 3.40. The van der Waals surface area contributed by atoms with Crippen LogP contribution in [0.1, 0.15) is 18.9 Å². The van der Waals surface area contributed by atoms with Crippen molar-refractivity contribution in [2.45, 2.75) is 26.8 Å². The molecule has 0 saturated carbocycles. The lowest BCUT2D eigenvalue weighted by molar-refractivity contribution is 0.663. The maximum Gasteiger partial charge on any atom is 0.253 e. The molecule has 0 aliphatic heterocycles. The van der Waals surface area contributed by atoms with Gasteiger partial charge in [-0.2, -0.15) is 0 Å². The molecule has 0 aromatic carbocycles. The largest absolute Gasteiger partial charge is 0.315 e. The van der Waals surface area contributed by atoms with Crippen molar-refractivity contribution in [3.63, 3.8) is 0 Å². The summed E-state index contributed by atoms with van der Waals surface area (Å²) < 4.78 is 1.73. The van der Waals surface area contributed by atoms with Gasteiger partial charge in [-0.3, -0.25) is 4.79 Å². The van der Waals surface area contributed by atoms with E-state index in [0.29, 0.717) is 0 Å². The van der Waals surface area contributed by atoms with E-state index in [9.17, 15) is 4.79 Å². The summed E-state index contributed by atoms with van der Waals surface area (Å²) in [5.41, 5.74) is 2.00. The quantitative estimate of drug-likeness (QED) is 0.648. The fraction of sp³-hybridized carbons (Fsp3) is 0.364. The van der Waals surface area contributed by atoms with E-state index in [1.807, 2.05) is 32.2 Å². The first kappa shape index (κ1) is 9.78. The Morgan fingerprint density at radius 1 is 1.62 bits per heavy atom. The summed E-state index contributed by atoms with van der Waals surface area (Å²) in [7, 11) is 0. The van der Waals surface area contributed by atoms with Crippen LogP contribution in [0.4, 0.5) is 0 Å². The van der Waals surface area contributed by atoms with E-state index in [4.69, 9.17) is 0 Å². The van der Waals surface area contributed by atoms with Gasteiger partial charge in [0.25, 0.3) is 5.56 Å². The summed E-state index contributed by atoms with van der Waals surface area (Å²) in [5.74, 6) is 0. The van der Waals surface area contributed by atoms with E-state index < -0.39 is 0 Å². The number of hydrogen-bond donors (Lipinski definition) is 0. The SMILES string of the molecule is C=C(C)CCn1cccc(C)c1=O. The summed E-state index contributed by atoms with van der Waals surface area (Å²) in [5, 5.41) is 0. The molecule has 0 atom stereocenters. The van der Waals surface area contributed by atoms with Crippen molar-refractivity contribution in [2.24, 2.45) is 0 Å². The summed E-state index contributed by atoms with van der Waals surface area (Å²) >= 11 is 0. The van der Waals surface area contributed by atoms with Gasteiger partial charge in [0, 0.05) is 18.3 Å². The van der Waals surface area contributed by atoms with E-state index in [2.05, 4.69) is 6.58 Å². The monoisotopic (exact) mass is 177 g/mol. The van der Waals surface area contributed by atoms with Gasteiger partial charge in [-0.1, -0.05) is 11.6 Å². The van der Waals surface area contributed by atoms with Crippen LogP contribution < -0.4 is 5.56 Å². The maximum atomic E-state index is 11.5. The van der Waals surface area contributed by atoms with Gasteiger partial charge in [0.05, 0.1) is 0 Å². The topological polar surface area (TPSA) is 22.0 Å². The molecule has 0 amide bonds. The number of pyridine rings is 1. The zero-order chi connectivity index (χ0) is 9.84. The van der Waals surface area contributed by atoms with Crippen LogP contribution in [0.25, 0.3) is 0 Å². The van der Waals surface area contributed by atoms with Crippen molar-refractivity contribution in [3.8, 4) is 0 Å². The number of rotatable bonds is 3. The molecule has 0 aliphatic rings. The molecular formula is C11H15NO. The minimum atomic E-state index is 0.101. The summed E-state index contributed by atoms with van der Waals surface area (Å²) in [6.45, 7) is 8.34. The molecule has 1 aromatic heterocycles. The van der Waals surface area contributed by atoms with Crippen molar-refractivity contribution in [1.82, 2.24) is 4.57 Å². The molecule has 1 heterocycles. The first-order valence-electron chi connectivity index (χ1n) is 4.41. The van der Waals surface area contributed by atoms with Crippen molar-refractivity contribution < 1.29 is 0 Å². The number of hydrogen-bond acceptors (Lipinski definition) is 1. The standard InChI is InChI=1S/C11H15NO/c1-9(2)6-8-12-7-4-5-10(3)11(12)13/h4-5,7H,1,6,8H2,2-3H3. The van der Waals surface area contributed by atoms with E-state index in [1.165, 1.54) is 0 Å². The highest BCUT2D eigenvalue weighted by atomic mass is 16.1. The lowest BCUT2D eigenvalue weighted by Gasteiger charge is -2.05. The lowest BCUT2D eigenvalue weighted by Crippen LogP contribution is -2.21. The number of nitrogens with zero attached hydrogens (tertiary/aromatic N) is 1. The Balaban J connectivity index is 2.84. The van der Waals surface area contributed by atoms with Gasteiger partial charge < -0.3 is 4.57 Å². The predicted molar refractivity (Wildman–Crippen MR) is 54.9 cm³/mol. The molecule has 2 nitrogen and oxygen atoms in total. The molecule has 0 radical (unpaired) electrons. The highest BCUT2D eigenvalue weighted by molar-refractivity contribution is 5.07. The van der Waals surface area contributed by atoms with Gasteiger partial charge in [0.2, 0.25) is 0 Å². The zero-order valence-corrected chi connectivity index (χ0v) is 8.21. The molecule has 0 aliphatic carbocycles. The van der Waals surface area contributed by atoms with Crippen molar-refractivity contribution in [2.75, 3.05) is 0 Å². The average Bonchev–Trinajstić information content (AvgIpc) is 2.07.